The second-order valence-corrected chi connectivity index (χ2v) is 6.86. The van der Waals surface area contributed by atoms with Crippen LogP contribution >= 0.6 is 0 Å². The summed E-state index contributed by atoms with van der Waals surface area (Å²) < 4.78 is 0. The SMILES string of the molecule is C=C(NCN)/C(C)=C/NCC.C=Cc1ccc(/C=C/C(C)=NC2=CNC2N)cc1C. The molecule has 1 heterocycles. The number of rotatable bonds is 9. The van der Waals surface area contributed by atoms with Crippen LogP contribution in [-0.2, 0) is 0 Å². The van der Waals surface area contributed by atoms with E-state index in [9.17, 15) is 0 Å². The summed E-state index contributed by atoms with van der Waals surface area (Å²) in [5.74, 6) is 0. The molecule has 7 N–H and O–H groups in total. The molecule has 1 aliphatic heterocycles. The molecule has 1 unspecified atom stereocenters. The molecular weight excluding hydrogens is 372 g/mol. The zero-order valence-corrected chi connectivity index (χ0v) is 18.6. The van der Waals surface area contributed by atoms with E-state index in [1.165, 1.54) is 11.1 Å². The molecule has 1 aromatic rings. The van der Waals surface area contributed by atoms with Gasteiger partial charge in [-0.05, 0) is 56.0 Å². The molecule has 0 radical (unpaired) electrons. The summed E-state index contributed by atoms with van der Waals surface area (Å²) in [5.41, 5.74) is 18.3. The number of nitrogens with one attached hydrogen (secondary N) is 3. The quantitative estimate of drug-likeness (QED) is 0.245. The van der Waals surface area contributed by atoms with Crippen molar-refractivity contribution in [2.45, 2.75) is 33.9 Å². The van der Waals surface area contributed by atoms with Crippen LogP contribution in [0.25, 0.3) is 12.2 Å². The number of benzene rings is 1. The van der Waals surface area contributed by atoms with E-state index in [2.05, 4.69) is 65.3 Å². The van der Waals surface area contributed by atoms with Gasteiger partial charge in [-0.3, -0.25) is 4.99 Å². The van der Waals surface area contributed by atoms with Crippen LogP contribution in [-0.4, -0.2) is 25.1 Å². The van der Waals surface area contributed by atoms with Crippen LogP contribution in [0.2, 0.25) is 0 Å². The maximum absolute atomic E-state index is 5.71. The maximum Gasteiger partial charge on any atom is 0.119 e. The number of allylic oxidation sites excluding steroid dienone is 2. The Bertz CT molecular complexity index is 845. The molecule has 0 bridgehead atoms. The molecule has 0 aromatic heterocycles. The highest BCUT2D eigenvalue weighted by atomic mass is 15.1. The fourth-order valence-electron chi connectivity index (χ4n) is 2.45. The average molecular weight is 409 g/mol. The molecule has 1 atom stereocenters. The van der Waals surface area contributed by atoms with Crippen molar-refractivity contribution in [3.05, 3.63) is 83.5 Å². The lowest BCUT2D eigenvalue weighted by Gasteiger charge is -2.21. The summed E-state index contributed by atoms with van der Waals surface area (Å²) in [6.45, 7) is 17.0. The second-order valence-electron chi connectivity index (χ2n) is 6.86. The van der Waals surface area contributed by atoms with Crippen LogP contribution in [0.5, 0.6) is 0 Å². The fourth-order valence-corrected chi connectivity index (χ4v) is 2.45. The maximum atomic E-state index is 5.71. The van der Waals surface area contributed by atoms with Crippen molar-refractivity contribution in [1.29, 1.82) is 0 Å². The second kappa shape index (κ2) is 13.2. The van der Waals surface area contributed by atoms with Gasteiger partial charge in [0.15, 0.2) is 0 Å². The molecule has 6 heteroatoms. The third kappa shape index (κ3) is 8.51. The average Bonchev–Trinajstić information content (AvgIpc) is 2.74. The normalized spacial score (nSPS) is 15.9. The van der Waals surface area contributed by atoms with Crippen LogP contribution in [0, 0.1) is 6.92 Å². The highest BCUT2D eigenvalue weighted by Crippen LogP contribution is 2.14. The highest BCUT2D eigenvalue weighted by molar-refractivity contribution is 5.97. The van der Waals surface area contributed by atoms with Gasteiger partial charge < -0.3 is 27.4 Å². The summed E-state index contributed by atoms with van der Waals surface area (Å²) in [5, 5.41) is 8.95. The van der Waals surface area contributed by atoms with Crippen LogP contribution in [0.15, 0.2) is 71.8 Å². The highest BCUT2D eigenvalue weighted by Gasteiger charge is 2.14. The number of aryl methyl sites for hydroxylation is 1. The largest absolute Gasteiger partial charge is 0.391 e. The van der Waals surface area contributed by atoms with E-state index < -0.39 is 0 Å². The zero-order chi connectivity index (χ0) is 22.5. The Morgan fingerprint density at radius 1 is 1.33 bits per heavy atom. The Labute approximate surface area is 181 Å². The van der Waals surface area contributed by atoms with Crippen LogP contribution < -0.4 is 27.4 Å². The van der Waals surface area contributed by atoms with Crippen LogP contribution in [0.4, 0.5) is 0 Å². The first-order chi connectivity index (χ1) is 14.3. The Kier molecular flexibility index (Phi) is 11.0. The van der Waals surface area contributed by atoms with E-state index in [-0.39, 0.29) is 6.17 Å². The molecule has 1 aliphatic rings. The number of nitrogens with zero attached hydrogens (tertiary/aromatic N) is 1. The topological polar surface area (TPSA) is 100 Å². The Morgan fingerprint density at radius 3 is 2.57 bits per heavy atom. The van der Waals surface area contributed by atoms with Gasteiger partial charge in [0, 0.05) is 30.4 Å². The molecule has 1 aromatic carbocycles. The summed E-state index contributed by atoms with van der Waals surface area (Å²) in [4.78, 5) is 4.42. The summed E-state index contributed by atoms with van der Waals surface area (Å²) >= 11 is 0. The fraction of sp³-hybridized carbons (Fsp3) is 0.292. The molecule has 0 saturated carbocycles. The third-order valence-electron chi connectivity index (χ3n) is 4.38. The number of aliphatic imine (C=N–C) groups is 1. The summed E-state index contributed by atoms with van der Waals surface area (Å²) in [6, 6.07) is 6.28. The van der Waals surface area contributed by atoms with E-state index >= 15 is 0 Å². The molecule has 0 spiro atoms. The summed E-state index contributed by atoms with van der Waals surface area (Å²) in [6.07, 6.45) is 9.53. The monoisotopic (exact) mass is 408 g/mol. The first-order valence-electron chi connectivity index (χ1n) is 10.0. The predicted molar refractivity (Wildman–Crippen MR) is 131 cm³/mol. The van der Waals surface area contributed by atoms with Gasteiger partial charge in [-0.1, -0.05) is 43.5 Å². The van der Waals surface area contributed by atoms with E-state index in [0.29, 0.717) is 6.67 Å². The van der Waals surface area contributed by atoms with E-state index in [4.69, 9.17) is 11.5 Å². The molecule has 162 valence electrons. The molecule has 2 rings (SSSR count). The smallest absolute Gasteiger partial charge is 0.119 e. The van der Waals surface area contributed by atoms with Crippen molar-refractivity contribution in [2.24, 2.45) is 16.5 Å². The van der Waals surface area contributed by atoms with Crippen LogP contribution in [0.3, 0.4) is 0 Å². The van der Waals surface area contributed by atoms with E-state index in [1.54, 1.807) is 0 Å². The molecule has 0 aliphatic carbocycles. The van der Waals surface area contributed by atoms with E-state index in [0.717, 1.165) is 34.8 Å². The molecule has 0 saturated heterocycles. The lowest BCUT2D eigenvalue weighted by Crippen LogP contribution is -2.43. The van der Waals surface area contributed by atoms with Crippen LogP contribution in [0.1, 0.15) is 37.5 Å². The first-order valence-corrected chi connectivity index (χ1v) is 10.0. The predicted octanol–water partition coefficient (Wildman–Crippen LogP) is 3.36. The lowest BCUT2D eigenvalue weighted by atomic mass is 10.0. The van der Waals surface area contributed by atoms with Gasteiger partial charge in [0.05, 0.1) is 12.4 Å². The van der Waals surface area contributed by atoms with Gasteiger partial charge in [0.25, 0.3) is 0 Å². The van der Waals surface area contributed by atoms with Gasteiger partial charge >= 0.3 is 0 Å². The van der Waals surface area contributed by atoms with Crippen molar-refractivity contribution in [2.75, 3.05) is 13.2 Å². The first kappa shape index (κ1) is 24.9. The van der Waals surface area contributed by atoms with Gasteiger partial charge in [0.2, 0.25) is 0 Å². The molecule has 30 heavy (non-hydrogen) atoms. The standard InChI is InChI=1S/C16H19N3.C8H17N3/c1-4-14-8-7-13(9-11(14)2)6-5-12(3)19-15-10-18-16(15)17;1-4-10-5-7(2)8(3)11-6-9/h4-10,16,18H,1,17H2,2-3H3;5,10-11H,3-4,6,9H2,1-2H3/b6-5+,19-12?;7-5+. The Morgan fingerprint density at radius 2 is 2.07 bits per heavy atom. The minimum Gasteiger partial charge on any atom is -0.391 e. The molecule has 6 nitrogen and oxygen atoms in total. The zero-order valence-electron chi connectivity index (χ0n) is 18.6. The van der Waals surface area contributed by atoms with Gasteiger partial charge in [-0.25, -0.2) is 0 Å². The lowest BCUT2D eigenvalue weighted by molar-refractivity contribution is 0.613. The number of hydrogen-bond donors (Lipinski definition) is 5. The van der Waals surface area contributed by atoms with Gasteiger partial charge in [-0.2, -0.15) is 0 Å². The minimum atomic E-state index is -0.127. The van der Waals surface area contributed by atoms with E-state index in [1.807, 2.05) is 45.3 Å². The third-order valence-corrected chi connectivity index (χ3v) is 4.38. The van der Waals surface area contributed by atoms with Crippen molar-refractivity contribution in [1.82, 2.24) is 16.0 Å². The van der Waals surface area contributed by atoms with Crippen molar-refractivity contribution < 1.29 is 0 Å². The number of hydrogen-bond acceptors (Lipinski definition) is 6. The van der Waals surface area contributed by atoms with Crippen molar-refractivity contribution in [3.8, 4) is 0 Å². The van der Waals surface area contributed by atoms with Crippen molar-refractivity contribution in [3.63, 3.8) is 0 Å². The molecule has 0 amide bonds. The van der Waals surface area contributed by atoms with Gasteiger partial charge in [-0.15, -0.1) is 0 Å². The Hall–Kier alpha value is -3.09. The Balaban J connectivity index is 0.000000352. The number of nitrogens with two attached hydrogens (primary N) is 2. The molecular formula is C24H36N6. The van der Waals surface area contributed by atoms with Crippen molar-refractivity contribution >= 4 is 17.9 Å². The van der Waals surface area contributed by atoms with Gasteiger partial charge in [0.1, 0.15) is 6.17 Å². The summed E-state index contributed by atoms with van der Waals surface area (Å²) in [7, 11) is 0. The minimum absolute atomic E-state index is 0.127. The molecule has 0 fully saturated rings.